The van der Waals surface area contributed by atoms with Gasteiger partial charge in [-0.1, -0.05) is 163 Å². The zero-order valence-electron chi connectivity index (χ0n) is 57.4. The molecule has 496 valence electrons. The lowest BCUT2D eigenvalue weighted by atomic mass is 9.72. The second-order valence-electron chi connectivity index (χ2n) is 27.7. The SMILES string of the molecule is CC(=O)CC1(CSc2ccncc2-c2ccc(C#N)cc2)CC1.CC1(CSc2ccncc2-c2ccc(C#N)c3ccccc23)CCC1.CC1(CSc2ccncc2-c2ccc(C#N)c3ccccc23)CCCC1.CCCC(C)(C)Sc1ccncc1-c1ccc(C#N)c2ccccc12. The van der Waals surface area contributed by atoms with Gasteiger partial charge in [-0.3, -0.25) is 19.9 Å². The summed E-state index contributed by atoms with van der Waals surface area (Å²) in [6.45, 7) is 13.3. The quantitative estimate of drug-likeness (QED) is 0.0703. The first kappa shape index (κ1) is 71.2. The van der Waals surface area contributed by atoms with Gasteiger partial charge in [0.1, 0.15) is 5.78 Å². The average molecular weight is 1370 g/mol. The number of hydrogen-bond acceptors (Lipinski definition) is 13. The number of nitriles is 4. The molecular weight excluding hydrogens is 1290 g/mol. The predicted molar refractivity (Wildman–Crippen MR) is 413 cm³/mol. The molecule has 0 radical (unpaired) electrons. The number of hydrogen-bond donors (Lipinski definition) is 0. The van der Waals surface area contributed by atoms with Crippen molar-refractivity contribution in [3.8, 4) is 68.8 Å². The molecule has 9 nitrogen and oxygen atoms in total. The fourth-order valence-electron chi connectivity index (χ4n) is 13.5. The summed E-state index contributed by atoms with van der Waals surface area (Å²) in [5.41, 5.74) is 13.0. The molecule has 4 aromatic heterocycles. The molecule has 3 aliphatic rings. The lowest BCUT2D eigenvalue weighted by Gasteiger charge is -2.38. The number of pyridine rings is 4. The molecule has 4 heterocycles. The van der Waals surface area contributed by atoms with Crippen LogP contribution in [0.5, 0.6) is 0 Å². The summed E-state index contributed by atoms with van der Waals surface area (Å²) in [5, 5.41) is 43.5. The van der Waals surface area contributed by atoms with Gasteiger partial charge in [0, 0.05) is 136 Å². The highest BCUT2D eigenvalue weighted by molar-refractivity contribution is 8.01. The maximum Gasteiger partial charge on any atom is 0.130 e. The average Bonchev–Trinajstić information content (AvgIpc) is 1.56. The number of aromatic nitrogens is 4. The Labute approximate surface area is 601 Å². The van der Waals surface area contributed by atoms with Gasteiger partial charge in [0.05, 0.1) is 46.5 Å². The van der Waals surface area contributed by atoms with Crippen molar-refractivity contribution in [3.63, 3.8) is 0 Å². The van der Waals surface area contributed by atoms with Gasteiger partial charge in [0.2, 0.25) is 0 Å². The predicted octanol–water partition coefficient (Wildman–Crippen LogP) is 23.4. The molecule has 3 aliphatic carbocycles. The minimum atomic E-state index is 0.174. The molecule has 13 heteroatoms. The van der Waals surface area contributed by atoms with Crippen LogP contribution in [0.3, 0.4) is 0 Å². The largest absolute Gasteiger partial charge is 0.300 e. The Morgan fingerprint density at radius 3 is 1.18 bits per heavy atom. The van der Waals surface area contributed by atoms with Crippen molar-refractivity contribution in [1.29, 1.82) is 21.0 Å². The summed E-state index contributed by atoms with van der Waals surface area (Å²) in [6.07, 6.45) is 29.9. The summed E-state index contributed by atoms with van der Waals surface area (Å²) in [4.78, 5) is 33.8. The van der Waals surface area contributed by atoms with Crippen molar-refractivity contribution in [1.82, 2.24) is 19.9 Å². The van der Waals surface area contributed by atoms with Gasteiger partial charge >= 0.3 is 0 Å². The molecule has 0 saturated heterocycles. The fourth-order valence-corrected chi connectivity index (χ4v) is 18.7. The Hall–Kier alpha value is -9.05. The molecule has 0 unspecified atom stereocenters. The Morgan fingerprint density at radius 1 is 0.434 bits per heavy atom. The fraction of sp³-hybridized carbons (Fsp3) is 0.291. The smallest absolute Gasteiger partial charge is 0.130 e. The zero-order chi connectivity index (χ0) is 69.4. The molecule has 0 bridgehead atoms. The van der Waals surface area contributed by atoms with Gasteiger partial charge in [0.15, 0.2) is 0 Å². The third kappa shape index (κ3) is 17.7. The van der Waals surface area contributed by atoms with E-state index in [0.29, 0.717) is 28.4 Å². The second-order valence-corrected chi connectivity index (χ2v) is 32.5. The molecule has 0 aliphatic heterocycles. The van der Waals surface area contributed by atoms with Gasteiger partial charge in [0.25, 0.3) is 0 Å². The van der Waals surface area contributed by atoms with Gasteiger partial charge in [-0.05, 0) is 161 Å². The molecule has 99 heavy (non-hydrogen) atoms. The van der Waals surface area contributed by atoms with Crippen molar-refractivity contribution in [3.05, 3.63) is 230 Å². The van der Waals surface area contributed by atoms with Crippen LogP contribution in [0.15, 0.2) is 227 Å². The molecule has 0 amide bonds. The van der Waals surface area contributed by atoms with Crippen LogP contribution in [-0.2, 0) is 4.79 Å². The molecule has 0 atom stereocenters. The van der Waals surface area contributed by atoms with Gasteiger partial charge in [-0.2, -0.15) is 21.0 Å². The number of carbonyl (C=O) groups is 1. The standard InChI is InChI=1S/C23H22N2S.C22H20N2S.C22H22N2S.C19H18N2OS/c1-23(11-4-5-12-23)16-26-22-10-13-25-15-21(22)20-9-8-17(14-24)18-6-2-3-7-19(18)20;1-22(10-4-11-22)15-25-21-9-12-24-14-20(21)19-8-7-16(13-23)17-5-2-3-6-18(17)19;1-4-12-22(2,3)25-21-11-13-24-15-20(21)19-10-9-16(14-23)17-7-5-6-8-18(17)19;1-14(22)10-19(7-8-19)13-23-18-6-9-21-12-17(18)16-4-2-15(11-20)3-5-16/h2-3,6-10,13,15H,4-5,11-12,16H2,1H3;2-3,5-9,12,14H,4,10-11,15H2,1H3;5-11,13,15H,4,12H2,1-3H3;2-6,9,12H,7-8,10,13H2,1H3. The first-order valence-electron chi connectivity index (χ1n) is 34.2. The second kappa shape index (κ2) is 32.7. The number of carbonyl (C=O) groups excluding carboxylic acids is 1. The highest BCUT2D eigenvalue weighted by atomic mass is 32.2. The molecule has 14 rings (SSSR count). The Kier molecular flexibility index (Phi) is 23.6. The van der Waals surface area contributed by atoms with Crippen LogP contribution in [0.1, 0.15) is 141 Å². The molecular formula is C86H82N8OS4. The summed E-state index contributed by atoms with van der Waals surface area (Å²) in [6, 6.07) is 61.4. The normalized spacial score (nSPS) is 14.4. The monoisotopic (exact) mass is 1370 g/mol. The van der Waals surface area contributed by atoms with Crippen molar-refractivity contribution >= 4 is 85.1 Å². The van der Waals surface area contributed by atoms with E-state index in [0.717, 1.165) is 119 Å². The van der Waals surface area contributed by atoms with E-state index in [-0.39, 0.29) is 15.9 Å². The van der Waals surface area contributed by atoms with Crippen LogP contribution in [0.4, 0.5) is 0 Å². The van der Waals surface area contributed by atoms with Crippen LogP contribution in [0.25, 0.3) is 76.8 Å². The molecule has 3 fully saturated rings. The number of rotatable bonds is 19. The van der Waals surface area contributed by atoms with Crippen LogP contribution < -0.4 is 0 Å². The van der Waals surface area contributed by atoms with Crippen molar-refractivity contribution in [2.24, 2.45) is 16.2 Å². The highest BCUT2D eigenvalue weighted by Gasteiger charge is 2.43. The van der Waals surface area contributed by atoms with Gasteiger partial charge in [-0.25, -0.2) is 0 Å². The van der Waals surface area contributed by atoms with E-state index in [1.807, 2.05) is 182 Å². The lowest BCUT2D eigenvalue weighted by Crippen LogP contribution is -2.27. The van der Waals surface area contributed by atoms with Gasteiger partial charge < -0.3 is 4.79 Å². The first-order chi connectivity index (χ1) is 48.1. The highest BCUT2D eigenvalue weighted by Crippen LogP contribution is 2.53. The molecule has 0 spiro atoms. The number of benzene rings is 7. The Balaban J connectivity index is 0.000000133. The van der Waals surface area contributed by atoms with E-state index in [9.17, 15) is 20.6 Å². The molecule has 0 N–H and O–H groups in total. The van der Waals surface area contributed by atoms with E-state index in [1.165, 1.54) is 76.5 Å². The van der Waals surface area contributed by atoms with Crippen molar-refractivity contribution in [2.45, 2.75) is 143 Å². The number of Topliss-reactive ketones (excluding diaryl/α,β-unsaturated/α-hetero) is 1. The van der Waals surface area contributed by atoms with Crippen molar-refractivity contribution in [2.75, 3.05) is 17.3 Å². The maximum absolute atomic E-state index is 11.4. The third-order valence-electron chi connectivity index (χ3n) is 19.3. The van der Waals surface area contributed by atoms with Crippen LogP contribution in [-0.4, -0.2) is 47.7 Å². The number of nitrogens with zero attached hydrogens (tertiary/aromatic N) is 8. The number of thioether (sulfide) groups is 4. The van der Waals surface area contributed by atoms with E-state index in [4.69, 9.17) is 5.26 Å². The number of fused-ring (bicyclic) bond motifs is 3. The molecule has 11 aromatic rings. The Morgan fingerprint density at radius 2 is 0.808 bits per heavy atom. The van der Waals surface area contributed by atoms with Crippen molar-refractivity contribution < 1.29 is 4.79 Å². The topological polar surface area (TPSA) is 164 Å². The van der Waals surface area contributed by atoms with Crippen LogP contribution >= 0.6 is 47.0 Å². The van der Waals surface area contributed by atoms with E-state index in [2.05, 4.69) is 133 Å². The molecule has 3 saturated carbocycles. The molecule has 7 aromatic carbocycles. The minimum absolute atomic E-state index is 0.174. The van der Waals surface area contributed by atoms with E-state index < -0.39 is 0 Å². The van der Waals surface area contributed by atoms with E-state index >= 15 is 0 Å². The number of ketones is 1. The summed E-state index contributed by atoms with van der Waals surface area (Å²) in [7, 11) is 0. The van der Waals surface area contributed by atoms with Crippen LogP contribution in [0.2, 0.25) is 0 Å². The summed E-state index contributed by atoms with van der Waals surface area (Å²) < 4.78 is 0.174. The summed E-state index contributed by atoms with van der Waals surface area (Å²) in [5.74, 6) is 3.56. The zero-order valence-corrected chi connectivity index (χ0v) is 60.6. The van der Waals surface area contributed by atoms with E-state index in [1.54, 1.807) is 24.9 Å². The van der Waals surface area contributed by atoms with Crippen LogP contribution in [0, 0.1) is 61.6 Å². The maximum atomic E-state index is 11.4. The summed E-state index contributed by atoms with van der Waals surface area (Å²) >= 11 is 7.60. The minimum Gasteiger partial charge on any atom is -0.300 e. The first-order valence-corrected chi connectivity index (χ1v) is 38.0. The Bertz CT molecular complexity index is 4870. The lowest BCUT2D eigenvalue weighted by molar-refractivity contribution is -0.118. The van der Waals surface area contributed by atoms with Gasteiger partial charge in [-0.15, -0.1) is 47.0 Å². The third-order valence-corrected chi connectivity index (χ3v) is 25.1.